The SMILES string of the molecule is CC(C)C(=O)[C@H]1O[C@@H]2OC(C)(C)O[C@@H]2[C@H]2OC(C)(C)O[C@H]21. The zero-order chi connectivity index (χ0) is 15.6. The molecule has 5 atom stereocenters. The van der Waals surface area contributed by atoms with Crippen molar-refractivity contribution >= 4 is 5.78 Å². The van der Waals surface area contributed by atoms with Gasteiger partial charge in [-0.25, -0.2) is 0 Å². The predicted octanol–water partition coefficient (Wildman–Crippen LogP) is 1.61. The van der Waals surface area contributed by atoms with Crippen LogP contribution in [0.25, 0.3) is 0 Å². The first-order chi connectivity index (χ1) is 9.60. The van der Waals surface area contributed by atoms with Gasteiger partial charge in [-0.1, -0.05) is 13.8 Å². The number of hydrogen-bond donors (Lipinski definition) is 0. The van der Waals surface area contributed by atoms with Crippen LogP contribution in [0.3, 0.4) is 0 Å². The normalized spacial score (nSPS) is 43.7. The lowest BCUT2D eigenvalue weighted by Gasteiger charge is -2.37. The number of ketones is 1. The lowest BCUT2D eigenvalue weighted by Crippen LogP contribution is -2.58. The number of hydrogen-bond acceptors (Lipinski definition) is 6. The Labute approximate surface area is 125 Å². The molecule has 3 rings (SSSR count). The maximum Gasteiger partial charge on any atom is 0.190 e. The lowest BCUT2D eigenvalue weighted by molar-refractivity contribution is -0.231. The van der Waals surface area contributed by atoms with Gasteiger partial charge in [0.15, 0.2) is 23.6 Å². The fourth-order valence-electron chi connectivity index (χ4n) is 3.17. The Morgan fingerprint density at radius 2 is 1.38 bits per heavy atom. The topological polar surface area (TPSA) is 63.2 Å². The Balaban J connectivity index is 1.90. The molecule has 0 bridgehead atoms. The molecule has 0 aromatic rings. The average molecular weight is 300 g/mol. The van der Waals surface area contributed by atoms with Crippen LogP contribution in [-0.2, 0) is 28.5 Å². The van der Waals surface area contributed by atoms with E-state index < -0.39 is 30.1 Å². The third-order valence-electron chi connectivity index (χ3n) is 4.00. The van der Waals surface area contributed by atoms with Gasteiger partial charge in [0.2, 0.25) is 0 Å². The first kappa shape index (κ1) is 15.4. The van der Waals surface area contributed by atoms with E-state index >= 15 is 0 Å². The summed E-state index contributed by atoms with van der Waals surface area (Å²) >= 11 is 0. The van der Waals surface area contributed by atoms with Crippen molar-refractivity contribution in [2.24, 2.45) is 5.92 Å². The lowest BCUT2D eigenvalue weighted by atomic mass is 9.92. The molecule has 6 nitrogen and oxygen atoms in total. The molecule has 21 heavy (non-hydrogen) atoms. The monoisotopic (exact) mass is 300 g/mol. The van der Waals surface area contributed by atoms with E-state index in [-0.39, 0.29) is 23.9 Å². The van der Waals surface area contributed by atoms with Crippen molar-refractivity contribution in [2.75, 3.05) is 0 Å². The minimum Gasteiger partial charge on any atom is -0.342 e. The largest absolute Gasteiger partial charge is 0.342 e. The van der Waals surface area contributed by atoms with Crippen LogP contribution < -0.4 is 0 Å². The van der Waals surface area contributed by atoms with Gasteiger partial charge in [0.25, 0.3) is 0 Å². The van der Waals surface area contributed by atoms with E-state index in [0.29, 0.717) is 0 Å². The van der Waals surface area contributed by atoms with E-state index in [0.717, 1.165) is 0 Å². The summed E-state index contributed by atoms with van der Waals surface area (Å²) in [5.74, 6) is -1.67. The Kier molecular flexibility index (Phi) is 3.46. The summed E-state index contributed by atoms with van der Waals surface area (Å²) in [6.45, 7) is 11.0. The summed E-state index contributed by atoms with van der Waals surface area (Å²) < 4.78 is 29.4. The highest BCUT2D eigenvalue weighted by Gasteiger charge is 2.62. The molecule has 0 aliphatic carbocycles. The highest BCUT2D eigenvalue weighted by atomic mass is 16.9. The number of fused-ring (bicyclic) bond motifs is 3. The van der Waals surface area contributed by atoms with Crippen molar-refractivity contribution < 1.29 is 28.5 Å². The average Bonchev–Trinajstić information content (AvgIpc) is 2.81. The first-order valence-corrected chi connectivity index (χ1v) is 7.50. The van der Waals surface area contributed by atoms with E-state index in [1.54, 1.807) is 0 Å². The number of ether oxygens (including phenoxy) is 5. The molecule has 0 N–H and O–H groups in total. The zero-order valence-electron chi connectivity index (χ0n) is 13.4. The molecular formula is C15H24O6. The summed E-state index contributed by atoms with van der Waals surface area (Å²) in [7, 11) is 0. The minimum atomic E-state index is -0.765. The quantitative estimate of drug-likeness (QED) is 0.772. The van der Waals surface area contributed by atoms with Crippen molar-refractivity contribution in [3.8, 4) is 0 Å². The van der Waals surface area contributed by atoms with Crippen molar-refractivity contribution in [2.45, 2.75) is 83.8 Å². The molecule has 0 radical (unpaired) electrons. The van der Waals surface area contributed by atoms with Gasteiger partial charge in [-0.3, -0.25) is 4.79 Å². The third kappa shape index (κ3) is 2.64. The van der Waals surface area contributed by atoms with Gasteiger partial charge in [0.05, 0.1) is 0 Å². The zero-order valence-corrected chi connectivity index (χ0v) is 13.4. The molecule has 6 heteroatoms. The van der Waals surface area contributed by atoms with E-state index in [1.165, 1.54) is 0 Å². The summed E-state index contributed by atoms with van der Waals surface area (Å²) in [6, 6.07) is 0. The molecule has 3 aliphatic heterocycles. The number of Topliss-reactive ketones (excluding diaryl/α,β-unsaturated/α-hetero) is 1. The van der Waals surface area contributed by atoms with Gasteiger partial charge in [0, 0.05) is 5.92 Å². The molecule has 120 valence electrons. The Hall–Kier alpha value is -0.530. The van der Waals surface area contributed by atoms with Gasteiger partial charge in [-0.15, -0.1) is 0 Å². The standard InChI is InChI=1S/C15H24O6/c1-7(2)8(16)9-10-11(19-14(3,4)18-10)12-13(17-9)21-15(5,6)20-12/h7,9-13H,1-6H3/t9-,10+,11+,12-,13-/m1/s1. The molecule has 3 aliphatic rings. The van der Waals surface area contributed by atoms with Crippen molar-refractivity contribution in [3.05, 3.63) is 0 Å². The fourth-order valence-corrected chi connectivity index (χ4v) is 3.17. The second-order valence-corrected chi connectivity index (χ2v) is 7.15. The molecule has 0 spiro atoms. The van der Waals surface area contributed by atoms with Gasteiger partial charge in [-0.2, -0.15) is 0 Å². The number of carbonyl (C=O) groups is 1. The van der Waals surface area contributed by atoms with E-state index in [4.69, 9.17) is 23.7 Å². The molecular weight excluding hydrogens is 276 g/mol. The highest BCUT2D eigenvalue weighted by molar-refractivity contribution is 5.85. The molecule has 0 unspecified atom stereocenters. The number of rotatable bonds is 2. The Morgan fingerprint density at radius 1 is 0.857 bits per heavy atom. The maximum atomic E-state index is 12.4. The molecule has 0 saturated carbocycles. The Bertz CT molecular complexity index is 443. The summed E-state index contributed by atoms with van der Waals surface area (Å²) in [5.41, 5.74) is 0. The van der Waals surface area contributed by atoms with Crippen LogP contribution in [0.2, 0.25) is 0 Å². The second-order valence-electron chi connectivity index (χ2n) is 7.15. The summed E-state index contributed by atoms with van der Waals surface area (Å²) in [5, 5.41) is 0. The van der Waals surface area contributed by atoms with Crippen LogP contribution in [0.15, 0.2) is 0 Å². The smallest absolute Gasteiger partial charge is 0.190 e. The van der Waals surface area contributed by atoms with Crippen LogP contribution in [-0.4, -0.2) is 48.1 Å². The van der Waals surface area contributed by atoms with Crippen molar-refractivity contribution in [1.82, 2.24) is 0 Å². The summed E-state index contributed by atoms with van der Waals surface area (Å²) in [4.78, 5) is 12.4. The minimum absolute atomic E-state index is 0.00180. The van der Waals surface area contributed by atoms with Crippen LogP contribution in [0, 0.1) is 5.92 Å². The molecule has 3 heterocycles. The number of carbonyl (C=O) groups excluding carboxylic acids is 1. The van der Waals surface area contributed by atoms with Crippen LogP contribution in [0.4, 0.5) is 0 Å². The van der Waals surface area contributed by atoms with Crippen LogP contribution in [0.5, 0.6) is 0 Å². The fraction of sp³-hybridized carbons (Fsp3) is 0.933. The van der Waals surface area contributed by atoms with Gasteiger partial charge >= 0.3 is 0 Å². The van der Waals surface area contributed by atoms with Gasteiger partial charge in [0.1, 0.15) is 24.4 Å². The highest BCUT2D eigenvalue weighted by Crippen LogP contribution is 2.44. The first-order valence-electron chi connectivity index (χ1n) is 7.50. The van der Waals surface area contributed by atoms with E-state index in [9.17, 15) is 4.79 Å². The molecule has 0 aromatic carbocycles. The van der Waals surface area contributed by atoms with E-state index in [1.807, 2.05) is 41.5 Å². The van der Waals surface area contributed by atoms with Crippen molar-refractivity contribution in [1.29, 1.82) is 0 Å². The molecule has 0 amide bonds. The second kappa shape index (κ2) is 4.73. The van der Waals surface area contributed by atoms with Gasteiger partial charge in [-0.05, 0) is 27.7 Å². The van der Waals surface area contributed by atoms with Crippen molar-refractivity contribution in [3.63, 3.8) is 0 Å². The van der Waals surface area contributed by atoms with E-state index in [2.05, 4.69) is 0 Å². The molecule has 3 fully saturated rings. The Morgan fingerprint density at radius 3 is 2.00 bits per heavy atom. The predicted molar refractivity (Wildman–Crippen MR) is 72.4 cm³/mol. The molecule has 0 aromatic heterocycles. The third-order valence-corrected chi connectivity index (χ3v) is 4.00. The summed E-state index contributed by atoms with van der Waals surface area (Å²) in [6.07, 6.45) is -2.51. The molecule has 3 saturated heterocycles. The van der Waals surface area contributed by atoms with Gasteiger partial charge < -0.3 is 23.7 Å². The van der Waals surface area contributed by atoms with Crippen LogP contribution >= 0.6 is 0 Å². The maximum absolute atomic E-state index is 12.4. The van der Waals surface area contributed by atoms with Crippen LogP contribution in [0.1, 0.15) is 41.5 Å².